The third-order valence-electron chi connectivity index (χ3n) is 8.65. The van der Waals surface area contributed by atoms with Crippen molar-refractivity contribution in [1.29, 1.82) is 5.26 Å². The number of nitriles is 1. The number of hydrazine groups is 2. The molecule has 7 nitrogen and oxygen atoms in total. The number of halogens is 2. The topological polar surface area (TPSA) is 88.0 Å². The number of nitrogens with zero attached hydrogens (tertiary/aromatic N) is 3. The second-order valence-electron chi connectivity index (χ2n) is 11.3. The largest absolute Gasteiger partial charge is 0.383 e. The third-order valence-corrected chi connectivity index (χ3v) is 8.94. The van der Waals surface area contributed by atoms with Crippen LogP contribution in [0.4, 0.5) is 15.8 Å². The van der Waals surface area contributed by atoms with E-state index in [9.17, 15) is 11.0 Å². The quantitative estimate of drug-likeness (QED) is 0.249. The Labute approximate surface area is 233 Å². The van der Waals surface area contributed by atoms with Crippen LogP contribution in [0.3, 0.4) is 0 Å². The first-order valence-corrected chi connectivity index (χ1v) is 14.1. The molecule has 1 atom stereocenters. The first kappa shape index (κ1) is 23.4. The highest BCUT2D eigenvalue weighted by molar-refractivity contribution is 6.35. The summed E-state index contributed by atoms with van der Waals surface area (Å²) < 4.78 is 23.5. The molecule has 200 valence electrons. The standard InChI is InChI=1S/C30H31ClFN7/c31-25-13-22(36-28(18-2-6-21(32)7-3-18)26-16-39(38-37-26)23-8-9-23)12-24-27(19(14-33)15-34-29(24)25)35-17-30(10-1-11-30)20-4-5-20/h2-3,6-7,12-13,15-16,20,23,28,36-38H,1,4-5,8-11,17H2,(H,34,35)/t28-/m1/s1/i28D. The molecular formula is C30H31ClFN7. The Balaban J connectivity index is 1.28. The van der Waals surface area contributed by atoms with Crippen molar-refractivity contribution in [1.82, 2.24) is 21.0 Å². The number of hydrogen-bond donors (Lipinski definition) is 4. The molecule has 39 heavy (non-hydrogen) atoms. The number of aromatic nitrogens is 1. The van der Waals surface area contributed by atoms with Crippen molar-refractivity contribution in [2.24, 2.45) is 11.3 Å². The van der Waals surface area contributed by atoms with E-state index in [1.165, 1.54) is 44.2 Å². The van der Waals surface area contributed by atoms with Crippen LogP contribution in [0.5, 0.6) is 0 Å². The van der Waals surface area contributed by atoms with E-state index in [0.717, 1.165) is 36.4 Å². The maximum absolute atomic E-state index is 13.8. The van der Waals surface area contributed by atoms with Crippen molar-refractivity contribution >= 4 is 33.9 Å². The summed E-state index contributed by atoms with van der Waals surface area (Å²) in [6.07, 6.45) is 11.9. The third kappa shape index (κ3) is 4.64. The molecule has 1 aliphatic heterocycles. The van der Waals surface area contributed by atoms with Crippen molar-refractivity contribution < 1.29 is 5.76 Å². The van der Waals surface area contributed by atoms with E-state index in [2.05, 4.69) is 32.6 Å². The zero-order valence-corrected chi connectivity index (χ0v) is 22.3. The minimum Gasteiger partial charge on any atom is -0.383 e. The number of fused-ring (bicyclic) bond motifs is 1. The smallest absolute Gasteiger partial charge is 0.123 e. The van der Waals surface area contributed by atoms with E-state index in [1.54, 1.807) is 24.4 Å². The molecule has 0 unspecified atom stereocenters. The lowest BCUT2D eigenvalue weighted by Gasteiger charge is -2.43. The molecule has 0 bridgehead atoms. The van der Waals surface area contributed by atoms with Gasteiger partial charge in [0.05, 0.1) is 34.9 Å². The number of rotatable bonds is 9. The molecule has 3 aromatic rings. The van der Waals surface area contributed by atoms with Crippen LogP contribution in [0.1, 0.15) is 63.5 Å². The second kappa shape index (κ2) is 9.58. The predicted octanol–water partition coefficient (Wildman–Crippen LogP) is 6.37. The molecule has 0 saturated heterocycles. The van der Waals surface area contributed by atoms with Crippen LogP contribution in [0, 0.1) is 28.5 Å². The fourth-order valence-electron chi connectivity index (χ4n) is 5.99. The van der Waals surface area contributed by atoms with Gasteiger partial charge in [-0.15, -0.1) is 5.53 Å². The van der Waals surface area contributed by atoms with Crippen molar-refractivity contribution in [3.8, 4) is 6.07 Å². The summed E-state index contributed by atoms with van der Waals surface area (Å²) in [7, 11) is 0. The Hall–Kier alpha value is -3.54. The maximum Gasteiger partial charge on any atom is 0.123 e. The van der Waals surface area contributed by atoms with E-state index >= 15 is 0 Å². The highest BCUT2D eigenvalue weighted by Gasteiger charge is 2.48. The van der Waals surface area contributed by atoms with Crippen molar-refractivity contribution in [2.45, 2.75) is 57.0 Å². The monoisotopic (exact) mass is 544 g/mol. The van der Waals surface area contributed by atoms with Gasteiger partial charge in [-0.3, -0.25) is 9.99 Å². The Morgan fingerprint density at radius 1 is 1.23 bits per heavy atom. The predicted molar refractivity (Wildman–Crippen MR) is 151 cm³/mol. The lowest BCUT2D eigenvalue weighted by molar-refractivity contribution is 0.118. The summed E-state index contributed by atoms with van der Waals surface area (Å²) in [5.41, 5.74) is 10.1. The molecule has 9 heteroatoms. The fraction of sp³-hybridized carbons (Fsp3) is 0.400. The number of hydrogen-bond acceptors (Lipinski definition) is 7. The van der Waals surface area contributed by atoms with Gasteiger partial charge in [-0.05, 0) is 79.7 Å². The zero-order chi connectivity index (χ0) is 27.5. The van der Waals surface area contributed by atoms with E-state index in [0.29, 0.717) is 44.5 Å². The van der Waals surface area contributed by atoms with Gasteiger partial charge in [0.2, 0.25) is 0 Å². The van der Waals surface area contributed by atoms with Crippen LogP contribution in [0.2, 0.25) is 5.02 Å². The number of anilines is 2. The molecule has 0 radical (unpaired) electrons. The SMILES string of the molecule is [2H][C@](Nc1cc(Cl)c2ncc(C#N)c(NCC3(C4CC4)CCC3)c2c1)(C1=CN(C2CC2)NN1)c1ccc(F)cc1. The molecular weight excluding hydrogens is 513 g/mol. The summed E-state index contributed by atoms with van der Waals surface area (Å²) in [6, 6.07) is 10.8. The fourth-order valence-corrected chi connectivity index (χ4v) is 6.26. The summed E-state index contributed by atoms with van der Waals surface area (Å²) in [5.74, 6) is 0.399. The summed E-state index contributed by atoms with van der Waals surface area (Å²) in [5, 5.41) is 20.1. The maximum atomic E-state index is 13.8. The van der Waals surface area contributed by atoms with Crippen LogP contribution in [0.25, 0.3) is 10.9 Å². The minimum absolute atomic E-state index is 0.307. The van der Waals surface area contributed by atoms with Gasteiger partial charge in [0.25, 0.3) is 0 Å². The van der Waals surface area contributed by atoms with Crippen molar-refractivity contribution in [3.63, 3.8) is 0 Å². The molecule has 4 aliphatic rings. The second-order valence-corrected chi connectivity index (χ2v) is 11.7. The Morgan fingerprint density at radius 3 is 2.69 bits per heavy atom. The van der Waals surface area contributed by atoms with Gasteiger partial charge < -0.3 is 16.1 Å². The van der Waals surface area contributed by atoms with Crippen molar-refractivity contribution in [3.05, 3.63) is 76.5 Å². The lowest BCUT2D eigenvalue weighted by atomic mass is 9.65. The number of nitrogens with one attached hydrogen (secondary N) is 4. The van der Waals surface area contributed by atoms with Crippen LogP contribution in [-0.2, 0) is 0 Å². The van der Waals surface area contributed by atoms with Gasteiger partial charge in [0.15, 0.2) is 0 Å². The van der Waals surface area contributed by atoms with E-state index in [4.69, 9.17) is 11.6 Å². The number of pyridine rings is 1. The van der Waals surface area contributed by atoms with Gasteiger partial charge in [0, 0.05) is 36.1 Å². The molecule has 1 aromatic heterocycles. The Bertz CT molecular complexity index is 1540. The first-order chi connectivity index (χ1) is 19.4. The summed E-state index contributed by atoms with van der Waals surface area (Å²) >= 11 is 6.77. The first-order valence-electron chi connectivity index (χ1n) is 14.2. The van der Waals surface area contributed by atoms with Gasteiger partial charge in [-0.1, -0.05) is 30.2 Å². The highest BCUT2D eigenvalue weighted by Crippen LogP contribution is 2.57. The Kier molecular flexibility index (Phi) is 5.74. The average Bonchev–Trinajstić information content (AvgIpc) is 3.87. The van der Waals surface area contributed by atoms with Gasteiger partial charge in [-0.25, -0.2) is 4.39 Å². The molecule has 2 heterocycles. The molecule has 3 fully saturated rings. The minimum atomic E-state index is -1.49. The molecule has 2 aromatic carbocycles. The van der Waals surface area contributed by atoms with Crippen LogP contribution in [-0.4, -0.2) is 22.6 Å². The molecule has 3 saturated carbocycles. The molecule has 7 rings (SSSR count). The molecule has 4 N–H and O–H groups in total. The van der Waals surface area contributed by atoms with Gasteiger partial charge >= 0.3 is 0 Å². The van der Waals surface area contributed by atoms with Crippen molar-refractivity contribution in [2.75, 3.05) is 17.2 Å². The lowest BCUT2D eigenvalue weighted by Crippen LogP contribution is -2.38. The molecule has 0 spiro atoms. The number of benzene rings is 2. The average molecular weight is 545 g/mol. The van der Waals surface area contributed by atoms with Gasteiger partial charge in [-0.2, -0.15) is 5.26 Å². The van der Waals surface area contributed by atoms with Crippen LogP contribution in [0.15, 0.2) is 54.5 Å². The van der Waals surface area contributed by atoms with E-state index in [1.807, 2.05) is 17.3 Å². The van der Waals surface area contributed by atoms with E-state index < -0.39 is 6.02 Å². The zero-order valence-electron chi connectivity index (χ0n) is 22.5. The Morgan fingerprint density at radius 2 is 2.03 bits per heavy atom. The van der Waals surface area contributed by atoms with Crippen LogP contribution < -0.4 is 21.6 Å². The molecule has 0 amide bonds. The van der Waals surface area contributed by atoms with Crippen LogP contribution >= 0.6 is 11.6 Å². The highest BCUT2D eigenvalue weighted by atomic mass is 35.5. The molecule has 3 aliphatic carbocycles. The summed E-state index contributed by atoms with van der Waals surface area (Å²) in [6.45, 7) is 0.818. The summed E-state index contributed by atoms with van der Waals surface area (Å²) in [4.78, 5) is 4.51. The normalized spacial score (nSPS) is 21.7. The van der Waals surface area contributed by atoms with E-state index in [-0.39, 0.29) is 5.82 Å². The van der Waals surface area contributed by atoms with Gasteiger partial charge in [0.1, 0.15) is 11.9 Å².